The van der Waals surface area contributed by atoms with Gasteiger partial charge in [0.1, 0.15) is 24.6 Å². The van der Waals surface area contributed by atoms with Gasteiger partial charge < -0.3 is 15.1 Å². The number of alkyl halides is 3. The van der Waals surface area contributed by atoms with Gasteiger partial charge in [0, 0.05) is 0 Å². The summed E-state index contributed by atoms with van der Waals surface area (Å²) in [5.41, 5.74) is -1.54. The molecule has 0 bridgehead atoms. The van der Waals surface area contributed by atoms with Crippen LogP contribution in [0.4, 0.5) is 22.8 Å². The molecule has 0 aromatic carbocycles. The van der Waals surface area contributed by atoms with Crippen LogP contribution in [0.5, 0.6) is 0 Å². The fourth-order valence-corrected chi connectivity index (χ4v) is 2.25. The number of nitrogens with one attached hydrogen (secondary N) is 3. The molecule has 12 heteroatoms. The van der Waals surface area contributed by atoms with Gasteiger partial charge in [-0.2, -0.15) is 13.2 Å². The Labute approximate surface area is 144 Å². The van der Waals surface area contributed by atoms with Crippen LogP contribution in [0.2, 0.25) is 0 Å². The maximum atomic E-state index is 12.5. The zero-order valence-electron chi connectivity index (χ0n) is 13.7. The molecule has 1 fully saturated rings. The number of urea groups is 2. The monoisotopic (exact) mass is 376 g/mol. The Hall–Kier alpha value is -3.05. The number of rotatable bonds is 4. The van der Waals surface area contributed by atoms with Gasteiger partial charge >= 0.3 is 18.2 Å². The van der Waals surface area contributed by atoms with E-state index in [0.717, 1.165) is 0 Å². The lowest BCUT2D eigenvalue weighted by Crippen LogP contribution is -2.48. The van der Waals surface area contributed by atoms with Gasteiger partial charge in [-0.3, -0.25) is 19.8 Å². The zero-order valence-corrected chi connectivity index (χ0v) is 13.7. The first-order valence-corrected chi connectivity index (χ1v) is 7.28. The summed E-state index contributed by atoms with van der Waals surface area (Å²) in [6.45, 7) is 0.531. The van der Waals surface area contributed by atoms with Gasteiger partial charge in [0.05, 0.1) is 0 Å². The highest BCUT2D eigenvalue weighted by Gasteiger charge is 2.51. The molecular weight excluding hydrogens is 361 g/mol. The average Bonchev–Trinajstić information content (AvgIpc) is 3.03. The van der Waals surface area contributed by atoms with Gasteiger partial charge in [-0.05, 0) is 26.0 Å². The van der Waals surface area contributed by atoms with E-state index in [1.807, 2.05) is 0 Å². The molecule has 1 saturated heterocycles. The molecule has 3 N–H and O–H groups in total. The number of carbonyl (C=O) groups is 4. The van der Waals surface area contributed by atoms with E-state index in [-0.39, 0.29) is 5.76 Å². The van der Waals surface area contributed by atoms with E-state index in [1.165, 1.54) is 18.3 Å². The van der Waals surface area contributed by atoms with Crippen molar-refractivity contribution < 1.29 is 36.8 Å². The molecule has 2 rings (SSSR count). The Morgan fingerprint density at radius 3 is 2.50 bits per heavy atom. The van der Waals surface area contributed by atoms with Crippen LogP contribution in [0.25, 0.3) is 0 Å². The van der Waals surface area contributed by atoms with Crippen molar-refractivity contribution >= 4 is 23.9 Å². The van der Waals surface area contributed by atoms with Crippen LogP contribution in [0.3, 0.4) is 0 Å². The molecule has 1 unspecified atom stereocenters. The summed E-state index contributed by atoms with van der Waals surface area (Å²) >= 11 is 0. The number of imide groups is 2. The van der Waals surface area contributed by atoms with Gasteiger partial charge in [-0.25, -0.2) is 9.59 Å². The minimum Gasteiger partial charge on any atom is -0.463 e. The summed E-state index contributed by atoms with van der Waals surface area (Å²) in [7, 11) is 0. The van der Waals surface area contributed by atoms with E-state index in [2.05, 4.69) is 5.32 Å². The number of aryl methyl sites for hydroxylation is 1. The van der Waals surface area contributed by atoms with Gasteiger partial charge in [0.15, 0.2) is 5.54 Å². The van der Waals surface area contributed by atoms with E-state index in [0.29, 0.717) is 10.7 Å². The van der Waals surface area contributed by atoms with Gasteiger partial charge in [-0.1, -0.05) is 0 Å². The van der Waals surface area contributed by atoms with Crippen LogP contribution < -0.4 is 16.0 Å². The number of hydrogen-bond acceptors (Lipinski definition) is 5. The molecule has 142 valence electrons. The molecule has 9 nitrogen and oxygen atoms in total. The number of amides is 6. The third kappa shape index (κ3) is 4.13. The smallest absolute Gasteiger partial charge is 0.405 e. The third-order valence-corrected chi connectivity index (χ3v) is 3.51. The van der Waals surface area contributed by atoms with Crippen LogP contribution in [0.15, 0.2) is 16.5 Å². The third-order valence-electron chi connectivity index (χ3n) is 3.51. The van der Waals surface area contributed by atoms with Gasteiger partial charge in [0.25, 0.3) is 5.91 Å². The second-order valence-corrected chi connectivity index (χ2v) is 5.70. The number of hydrogen-bond donors (Lipinski definition) is 3. The fourth-order valence-electron chi connectivity index (χ4n) is 2.25. The summed E-state index contributed by atoms with van der Waals surface area (Å²) < 4.78 is 41.3. The predicted octanol–water partition coefficient (Wildman–Crippen LogP) is 0.743. The highest BCUT2D eigenvalue weighted by Crippen LogP contribution is 2.29. The van der Waals surface area contributed by atoms with E-state index >= 15 is 0 Å². The van der Waals surface area contributed by atoms with E-state index in [1.54, 1.807) is 18.3 Å². The van der Waals surface area contributed by atoms with Crippen LogP contribution in [-0.4, -0.2) is 48.0 Å². The van der Waals surface area contributed by atoms with E-state index in [9.17, 15) is 32.3 Å². The first-order chi connectivity index (χ1) is 11.9. The number of carbonyl (C=O) groups excluding carboxylic acids is 4. The Morgan fingerprint density at radius 1 is 1.31 bits per heavy atom. The Morgan fingerprint density at radius 2 is 1.96 bits per heavy atom. The summed E-state index contributed by atoms with van der Waals surface area (Å²) in [6, 6.07) is 0.767. The summed E-state index contributed by atoms with van der Waals surface area (Å²) in [5, 5.41) is 5.41. The van der Waals surface area contributed by atoms with Crippen molar-refractivity contribution in [2.45, 2.75) is 25.6 Å². The maximum Gasteiger partial charge on any atom is 0.405 e. The molecule has 6 amide bonds. The molecule has 1 atom stereocenters. The number of furan rings is 1. The minimum atomic E-state index is -4.64. The molecule has 1 aromatic rings. The first kappa shape index (κ1) is 19.3. The van der Waals surface area contributed by atoms with Crippen molar-refractivity contribution in [3.8, 4) is 0 Å². The molecule has 2 heterocycles. The quantitative estimate of drug-likeness (QED) is 0.670. The highest BCUT2D eigenvalue weighted by molar-refractivity contribution is 6.09. The molecule has 26 heavy (non-hydrogen) atoms. The minimum absolute atomic E-state index is 0.152. The standard InChI is InChI=1S/C14H15F3N4O5/c1-7-3-4-8(26-7)13(2)10(23)21(12(25)20-13)5-9(22)19-11(24)18-6-14(15,16)17/h3-4H,5-6H2,1-2H3,(H,20,25)(H2,18,19,22,24). The second kappa shape index (κ2) is 6.69. The van der Waals surface area contributed by atoms with Crippen LogP contribution >= 0.6 is 0 Å². The van der Waals surface area contributed by atoms with Crippen LogP contribution in [-0.2, 0) is 15.1 Å². The predicted molar refractivity (Wildman–Crippen MR) is 78.6 cm³/mol. The SMILES string of the molecule is Cc1ccc(C2(C)NC(=O)N(CC(=O)NC(=O)NCC(F)(F)F)C2=O)o1. The molecule has 0 aliphatic carbocycles. The normalized spacial score (nSPS) is 20.1. The zero-order chi connectivity index (χ0) is 19.7. The van der Waals surface area contributed by atoms with E-state index in [4.69, 9.17) is 4.42 Å². The lowest BCUT2D eigenvalue weighted by molar-refractivity contribution is -0.135. The topological polar surface area (TPSA) is 121 Å². The first-order valence-electron chi connectivity index (χ1n) is 7.28. The van der Waals surface area contributed by atoms with Crippen LogP contribution in [0, 0.1) is 6.92 Å². The summed E-state index contributed by atoms with van der Waals surface area (Å²) in [5.74, 6) is -1.28. The number of nitrogens with zero attached hydrogens (tertiary/aromatic N) is 1. The van der Waals surface area contributed by atoms with Gasteiger partial charge in [0.2, 0.25) is 5.91 Å². The summed E-state index contributed by atoms with van der Waals surface area (Å²) in [4.78, 5) is 47.9. The lowest BCUT2D eigenvalue weighted by atomic mass is 9.99. The molecule has 1 aromatic heterocycles. The molecule has 1 aliphatic rings. The Bertz CT molecular complexity index is 760. The molecular formula is C14H15F3N4O5. The van der Waals surface area contributed by atoms with E-state index < -0.39 is 48.7 Å². The van der Waals surface area contributed by atoms with Crippen molar-refractivity contribution in [1.82, 2.24) is 20.9 Å². The maximum absolute atomic E-state index is 12.5. The number of halogens is 3. The lowest BCUT2D eigenvalue weighted by Gasteiger charge is -2.19. The molecule has 0 saturated carbocycles. The van der Waals surface area contributed by atoms with Gasteiger partial charge in [-0.15, -0.1) is 0 Å². The fraction of sp³-hybridized carbons (Fsp3) is 0.429. The molecule has 0 spiro atoms. The largest absolute Gasteiger partial charge is 0.463 e. The summed E-state index contributed by atoms with van der Waals surface area (Å²) in [6.07, 6.45) is -4.64. The van der Waals surface area contributed by atoms with Crippen molar-refractivity contribution in [2.24, 2.45) is 0 Å². The second-order valence-electron chi connectivity index (χ2n) is 5.70. The van der Waals surface area contributed by atoms with Crippen molar-refractivity contribution in [2.75, 3.05) is 13.1 Å². The van der Waals surface area contributed by atoms with Crippen molar-refractivity contribution in [3.63, 3.8) is 0 Å². The van der Waals surface area contributed by atoms with Crippen molar-refractivity contribution in [3.05, 3.63) is 23.7 Å². The average molecular weight is 376 g/mol. The Kier molecular flexibility index (Phi) is 4.96. The molecule has 1 aliphatic heterocycles. The molecule has 0 radical (unpaired) electrons. The van der Waals surface area contributed by atoms with Crippen molar-refractivity contribution in [1.29, 1.82) is 0 Å². The highest BCUT2D eigenvalue weighted by atomic mass is 19.4. The van der Waals surface area contributed by atoms with Crippen LogP contribution in [0.1, 0.15) is 18.4 Å². The Balaban J connectivity index is 1.99.